The van der Waals surface area contributed by atoms with Crippen LogP contribution in [0.2, 0.25) is 0 Å². The molecule has 3 aromatic rings. The highest BCUT2D eigenvalue weighted by atomic mass is 16.5. The van der Waals surface area contributed by atoms with E-state index in [1.165, 1.54) is 13.2 Å². The molecule has 1 fully saturated rings. The highest BCUT2D eigenvalue weighted by Gasteiger charge is 2.45. The van der Waals surface area contributed by atoms with Crippen LogP contribution in [0.4, 0.5) is 0 Å². The Morgan fingerprint density at radius 1 is 0.578 bits per heavy atom. The third-order valence-corrected chi connectivity index (χ3v) is 11.3. The van der Waals surface area contributed by atoms with Crippen LogP contribution in [0.3, 0.4) is 0 Å². The first-order valence-corrected chi connectivity index (χ1v) is 28.9. The lowest BCUT2D eigenvalue weighted by atomic mass is 9.95. The summed E-state index contributed by atoms with van der Waals surface area (Å²) < 4.78 is 15.0. The molecule has 0 spiro atoms. The van der Waals surface area contributed by atoms with Crippen LogP contribution in [0.1, 0.15) is 227 Å². The number of ether oxygens (including phenoxy) is 3. The van der Waals surface area contributed by atoms with E-state index < -0.39 is 21.7 Å². The molecule has 83 heavy (non-hydrogen) atoms. The molecule has 0 unspecified atom stereocenters. The predicted octanol–water partition coefficient (Wildman–Crippen LogP) is 14.0. The summed E-state index contributed by atoms with van der Waals surface area (Å²) in [6.07, 6.45) is 17.8. The summed E-state index contributed by atoms with van der Waals surface area (Å²) in [6, 6.07) is 4.42. The van der Waals surface area contributed by atoms with E-state index in [4.69, 9.17) is 31.2 Å². The molecule has 4 rings (SSSR count). The number of nitrogens with zero attached hydrogens (tertiary/aromatic N) is 2. The van der Waals surface area contributed by atoms with Gasteiger partial charge in [0.05, 0.1) is 54.1 Å². The number of terminal acetylenes is 1. The molecular weight excluding hydrogens is 1050 g/mol. The van der Waals surface area contributed by atoms with Crippen molar-refractivity contribution in [2.24, 2.45) is 46.8 Å². The van der Waals surface area contributed by atoms with Crippen LogP contribution in [0, 0.1) is 81.8 Å². The fourth-order valence-corrected chi connectivity index (χ4v) is 5.67. The highest BCUT2D eigenvalue weighted by Crippen LogP contribution is 2.51. The monoisotopic (exact) mass is 1160 g/mol. The van der Waals surface area contributed by atoms with Gasteiger partial charge in [-0.05, 0) is 101 Å². The molecule has 0 saturated heterocycles. The minimum atomic E-state index is -0.490. The van der Waals surface area contributed by atoms with E-state index in [0.717, 1.165) is 12.8 Å². The normalized spacial score (nSPS) is 11.5. The average molecular weight is 1160 g/mol. The van der Waals surface area contributed by atoms with Gasteiger partial charge in [0.2, 0.25) is 16.3 Å². The predicted molar refractivity (Wildman–Crippen MR) is 345 cm³/mol. The summed E-state index contributed by atoms with van der Waals surface area (Å²) in [6.45, 7) is 55.5. The van der Waals surface area contributed by atoms with E-state index in [-0.39, 0.29) is 92.5 Å². The van der Waals surface area contributed by atoms with Crippen LogP contribution < -0.4 is 46.8 Å². The maximum Gasteiger partial charge on any atom is 0.268 e. The fourth-order valence-electron chi connectivity index (χ4n) is 5.67. The van der Waals surface area contributed by atoms with Crippen molar-refractivity contribution in [1.29, 1.82) is 10.5 Å². The second-order valence-corrected chi connectivity index (χ2v) is 22.8. The smallest absolute Gasteiger partial charge is 0.268 e. The molecule has 0 heterocycles. The van der Waals surface area contributed by atoms with Gasteiger partial charge >= 0.3 is 0 Å². The van der Waals surface area contributed by atoms with Crippen molar-refractivity contribution >= 4 is 17.3 Å². The van der Waals surface area contributed by atoms with E-state index in [9.17, 15) is 43.2 Å². The van der Waals surface area contributed by atoms with Gasteiger partial charge < -0.3 is 14.2 Å². The fraction of sp³-hybridized carbons (Fsp3) is 0.609. The lowest BCUT2D eigenvalue weighted by molar-refractivity contribution is -0.118. The Morgan fingerprint density at radius 3 is 1.05 bits per heavy atom. The third-order valence-electron chi connectivity index (χ3n) is 11.3. The summed E-state index contributed by atoms with van der Waals surface area (Å²) >= 11 is 0. The van der Waals surface area contributed by atoms with E-state index in [1.807, 2.05) is 145 Å². The van der Waals surface area contributed by atoms with Gasteiger partial charge in [-0.2, -0.15) is 10.5 Å². The van der Waals surface area contributed by atoms with Gasteiger partial charge in [0.25, 0.3) is 16.3 Å². The van der Waals surface area contributed by atoms with E-state index in [1.54, 1.807) is 31.2 Å². The van der Waals surface area contributed by atoms with Crippen LogP contribution >= 0.6 is 0 Å². The summed E-state index contributed by atoms with van der Waals surface area (Å²) in [5, 5.41) is 16.6. The Balaban J connectivity index is -0.000000202. The quantitative estimate of drug-likeness (QED) is 0.0530. The number of ketones is 3. The van der Waals surface area contributed by atoms with Gasteiger partial charge in [-0.25, -0.2) is 0 Å². The minimum absolute atomic E-state index is 0.0548. The van der Waals surface area contributed by atoms with E-state index in [2.05, 4.69) is 58.9 Å². The van der Waals surface area contributed by atoms with E-state index in [0.29, 0.717) is 53.4 Å². The first-order valence-electron chi connectivity index (χ1n) is 28.9. The van der Waals surface area contributed by atoms with Crippen LogP contribution in [-0.2, 0) is 14.4 Å². The van der Waals surface area contributed by atoms with Crippen molar-refractivity contribution in [3.8, 4) is 41.7 Å². The van der Waals surface area contributed by atoms with Gasteiger partial charge in [0.15, 0.2) is 34.6 Å². The highest BCUT2D eigenvalue weighted by molar-refractivity contribution is 5.91. The number of allylic oxidation sites excluding steroid dienone is 6. The SMILES string of the molecule is C#CC(C)C.C/C=C/C(=O)C(C)C.C/C=C/C(=O)C(C)C.C=CC(=O)C(C)C.C=CC(C)C.CC(C)C1(C#N)CC1.CC(C)CC#N.CC(C)Oc1c(C(C)C)c(=O)c1=O.CCOc1c(C(C)C)c(=O)c1=O.COc1c(C(C)C)c(=O)c1=O. The van der Waals surface area contributed by atoms with Gasteiger partial charge in [-0.1, -0.05) is 163 Å². The molecule has 0 atom stereocenters. The molecule has 0 radical (unpaired) electrons. The van der Waals surface area contributed by atoms with Crippen LogP contribution in [0.5, 0.6) is 17.2 Å². The molecule has 14 heteroatoms. The zero-order valence-electron chi connectivity index (χ0n) is 55.9. The largest absolute Gasteiger partial charge is 0.492 e. The third kappa shape index (κ3) is 37.8. The number of nitriles is 2. The van der Waals surface area contributed by atoms with Gasteiger partial charge in [0, 0.05) is 30.1 Å². The van der Waals surface area contributed by atoms with Gasteiger partial charge in [-0.3, -0.25) is 43.2 Å². The zero-order valence-corrected chi connectivity index (χ0v) is 55.9. The molecule has 0 aliphatic heterocycles. The number of carbonyl (C=O) groups excluding carboxylic acids is 3. The Labute approximate surface area is 500 Å². The van der Waals surface area contributed by atoms with Crippen molar-refractivity contribution in [1.82, 2.24) is 0 Å². The molecule has 0 aromatic heterocycles. The summed E-state index contributed by atoms with van der Waals surface area (Å²) in [4.78, 5) is 97.5. The van der Waals surface area contributed by atoms with Crippen LogP contribution in [0.15, 0.2) is 78.4 Å². The van der Waals surface area contributed by atoms with Crippen molar-refractivity contribution in [3.63, 3.8) is 0 Å². The maximum atomic E-state index is 11.1. The van der Waals surface area contributed by atoms with Crippen molar-refractivity contribution < 1.29 is 28.6 Å². The number of carbonyl (C=O) groups is 3. The number of methoxy groups -OCH3 is 1. The lowest BCUT2D eigenvalue weighted by Gasteiger charge is -2.16. The van der Waals surface area contributed by atoms with E-state index >= 15 is 0 Å². The molecule has 1 aliphatic carbocycles. The molecule has 14 nitrogen and oxygen atoms in total. The minimum Gasteiger partial charge on any atom is -0.492 e. The number of hydrogen-bond donors (Lipinski definition) is 0. The first-order chi connectivity index (χ1) is 38.2. The molecule has 1 saturated carbocycles. The van der Waals surface area contributed by atoms with Gasteiger partial charge in [-0.15, -0.1) is 18.9 Å². The molecule has 3 aromatic carbocycles. The molecule has 1 aliphatic rings. The second kappa shape index (κ2) is 47.6. The molecule has 466 valence electrons. The molecule has 0 bridgehead atoms. The van der Waals surface area contributed by atoms with Crippen LogP contribution in [-0.4, -0.2) is 37.2 Å². The maximum absolute atomic E-state index is 11.1. The topological polar surface area (TPSA) is 229 Å². The van der Waals surface area contributed by atoms with Crippen molar-refractivity contribution in [2.75, 3.05) is 13.7 Å². The molecular formula is C69H108N2O12. The molecule has 0 amide bonds. The van der Waals surface area contributed by atoms with Gasteiger partial charge in [0.1, 0.15) is 0 Å². The molecule has 0 N–H and O–H groups in total. The lowest BCUT2D eigenvalue weighted by Crippen LogP contribution is -2.38. The number of hydrogen-bond acceptors (Lipinski definition) is 14. The summed E-state index contributed by atoms with van der Waals surface area (Å²) in [5.41, 5.74) is -0.886. The van der Waals surface area contributed by atoms with Crippen LogP contribution in [0.25, 0.3) is 0 Å². The van der Waals surface area contributed by atoms with Crippen molar-refractivity contribution in [3.05, 3.63) is 128 Å². The summed E-state index contributed by atoms with van der Waals surface area (Å²) in [5.74, 6) is 6.62. The average Bonchev–Trinajstić information content (AvgIpc) is 4.22. The zero-order chi connectivity index (χ0) is 66.8. The van der Waals surface area contributed by atoms with Crippen molar-refractivity contribution in [2.45, 2.75) is 216 Å². The number of rotatable bonds is 17. The Kier molecular flexibility index (Phi) is 50.1. The second-order valence-electron chi connectivity index (χ2n) is 22.8. The first kappa shape index (κ1) is 87.4. The standard InChI is InChI=1S/C10H14O3.C9H12O3.C8H10O3.C7H11N.2C7H12O.C6H10O.C5H9N.C5H10.C5H8/c1-5(2)7-8(11)9(12)10(7)13-6(3)4;1-4-12-9-6(5(2)3)7(10)8(9)11;1-4(2)5-6(9)7(10)8(5)11-3;1-6(2)7(5-8)3-4-7;2*1-4-5-7(8)6(2)3;1-4-6(7)5(2)3;1-5(2)3-4-6;2*1-4-5(2)3/h5-6H,1-4H3;5H,4H2,1-3H3;4H,1-3H3;6H,3-4H2,1-2H3;2*4-6H,1-3H3;4-5H,1H2,2-3H3;5H,3H2,1-2H3;4-5H,1H2,2-3H3;1,5H,2-3H3/b;;;;2*5-4+;;;;. The Hall–Kier alpha value is -6.85. The summed E-state index contributed by atoms with van der Waals surface area (Å²) in [7, 11) is 1.40. The Bertz CT molecular complexity index is 2730. The Morgan fingerprint density at radius 2 is 0.904 bits per heavy atom.